The summed E-state index contributed by atoms with van der Waals surface area (Å²) in [6.07, 6.45) is 2.36. The van der Waals surface area contributed by atoms with Gasteiger partial charge < -0.3 is 9.84 Å². The van der Waals surface area contributed by atoms with Crippen molar-refractivity contribution in [3.63, 3.8) is 0 Å². The lowest BCUT2D eigenvalue weighted by atomic mass is 9.95. The molecule has 1 aromatic carbocycles. The zero-order valence-electron chi connectivity index (χ0n) is 10.7. The van der Waals surface area contributed by atoms with Crippen LogP contribution in [0.1, 0.15) is 33.6 Å². The first-order valence-electron chi connectivity index (χ1n) is 6.37. The van der Waals surface area contributed by atoms with Gasteiger partial charge in [-0.05, 0) is 25.0 Å². The van der Waals surface area contributed by atoms with Crippen molar-refractivity contribution in [3.05, 3.63) is 24.3 Å². The average Bonchev–Trinajstić information content (AvgIpc) is 2.74. The molecular formula is C14H20N2O. The summed E-state index contributed by atoms with van der Waals surface area (Å²) in [4.78, 5) is 0. The topological polar surface area (TPSA) is 38.1 Å². The minimum atomic E-state index is 0.415. The fourth-order valence-electron chi connectivity index (χ4n) is 2.32. The number of rotatable bonds is 5. The lowest BCUT2D eigenvalue weighted by molar-refractivity contribution is 0.427. The molecule has 1 unspecified atom stereocenters. The molecule has 0 spiro atoms. The summed E-state index contributed by atoms with van der Waals surface area (Å²) in [6.45, 7) is 6.67. The van der Waals surface area contributed by atoms with E-state index in [9.17, 15) is 0 Å². The van der Waals surface area contributed by atoms with Gasteiger partial charge in [0.1, 0.15) is 0 Å². The number of fused-ring (bicyclic) bond motifs is 1. The van der Waals surface area contributed by atoms with Gasteiger partial charge in [0.15, 0.2) is 11.4 Å². The van der Waals surface area contributed by atoms with E-state index in [1.807, 2.05) is 24.3 Å². The fourth-order valence-corrected chi connectivity index (χ4v) is 2.32. The van der Waals surface area contributed by atoms with Crippen LogP contribution in [-0.2, 0) is 0 Å². The predicted octanol–water partition coefficient (Wildman–Crippen LogP) is 4.06. The number of anilines is 1. The predicted molar refractivity (Wildman–Crippen MR) is 71.2 cm³/mol. The third-order valence-electron chi connectivity index (χ3n) is 3.50. The summed E-state index contributed by atoms with van der Waals surface area (Å²) in [5.41, 5.74) is 0.840. The van der Waals surface area contributed by atoms with E-state index in [1.54, 1.807) is 0 Å². The molecular weight excluding hydrogens is 212 g/mol. The fraction of sp³-hybridized carbons (Fsp3) is 0.500. The standard InChI is InChI=1S/C14H20N2O/c1-4-11(5-2)10(3)15-14-12-8-6-7-9-13(12)17-16-14/h6-11H,4-5H2,1-3H3,(H,15,16). The molecule has 0 aliphatic rings. The summed E-state index contributed by atoms with van der Waals surface area (Å²) in [5.74, 6) is 1.53. The number of para-hydroxylation sites is 1. The number of aromatic nitrogens is 1. The van der Waals surface area contributed by atoms with E-state index in [-0.39, 0.29) is 0 Å². The first kappa shape index (κ1) is 12.0. The van der Waals surface area contributed by atoms with Crippen LogP contribution in [0.25, 0.3) is 11.0 Å². The molecule has 2 aromatic rings. The van der Waals surface area contributed by atoms with Crippen LogP contribution in [-0.4, -0.2) is 11.2 Å². The van der Waals surface area contributed by atoms with Gasteiger partial charge in [-0.2, -0.15) is 0 Å². The molecule has 0 aliphatic carbocycles. The number of hydrogen-bond acceptors (Lipinski definition) is 3. The van der Waals surface area contributed by atoms with Gasteiger partial charge >= 0.3 is 0 Å². The van der Waals surface area contributed by atoms with E-state index in [0.29, 0.717) is 12.0 Å². The van der Waals surface area contributed by atoms with Crippen LogP contribution in [0.4, 0.5) is 5.82 Å². The summed E-state index contributed by atoms with van der Waals surface area (Å²) in [5, 5.41) is 8.62. The summed E-state index contributed by atoms with van der Waals surface area (Å²) < 4.78 is 5.28. The van der Waals surface area contributed by atoms with Crippen LogP contribution >= 0.6 is 0 Å². The van der Waals surface area contributed by atoms with Crippen molar-refractivity contribution in [2.45, 2.75) is 39.7 Å². The number of nitrogens with zero attached hydrogens (tertiary/aromatic N) is 1. The molecule has 2 rings (SSSR count). The van der Waals surface area contributed by atoms with Crippen molar-refractivity contribution in [1.29, 1.82) is 0 Å². The molecule has 0 fully saturated rings. The Morgan fingerprint density at radius 3 is 2.65 bits per heavy atom. The van der Waals surface area contributed by atoms with Crippen LogP contribution in [0.15, 0.2) is 28.8 Å². The second-order valence-corrected chi connectivity index (χ2v) is 4.54. The minimum Gasteiger partial charge on any atom is -0.364 e. The Hall–Kier alpha value is -1.51. The van der Waals surface area contributed by atoms with Gasteiger partial charge in [0.05, 0.1) is 5.39 Å². The maximum absolute atomic E-state index is 5.28. The van der Waals surface area contributed by atoms with Crippen molar-refractivity contribution in [2.24, 2.45) is 5.92 Å². The maximum Gasteiger partial charge on any atom is 0.177 e. The van der Waals surface area contributed by atoms with E-state index in [4.69, 9.17) is 4.52 Å². The van der Waals surface area contributed by atoms with Gasteiger partial charge in [0.25, 0.3) is 0 Å². The second kappa shape index (κ2) is 5.21. The largest absolute Gasteiger partial charge is 0.364 e. The van der Waals surface area contributed by atoms with Gasteiger partial charge in [-0.3, -0.25) is 0 Å². The van der Waals surface area contributed by atoms with Gasteiger partial charge in [-0.25, -0.2) is 0 Å². The zero-order chi connectivity index (χ0) is 12.3. The molecule has 0 aliphatic heterocycles. The van der Waals surface area contributed by atoms with Crippen LogP contribution in [0.5, 0.6) is 0 Å². The summed E-state index contributed by atoms with van der Waals surface area (Å²) in [7, 11) is 0. The van der Waals surface area contributed by atoms with Gasteiger partial charge in [-0.1, -0.05) is 44.0 Å². The maximum atomic E-state index is 5.28. The van der Waals surface area contributed by atoms with Crippen molar-refractivity contribution >= 4 is 16.8 Å². The Kier molecular flexibility index (Phi) is 3.67. The lowest BCUT2D eigenvalue weighted by Crippen LogP contribution is -2.25. The first-order valence-corrected chi connectivity index (χ1v) is 6.37. The monoisotopic (exact) mass is 232 g/mol. The Balaban J connectivity index is 2.18. The number of benzene rings is 1. The Morgan fingerprint density at radius 2 is 1.94 bits per heavy atom. The van der Waals surface area contributed by atoms with Gasteiger partial charge in [0.2, 0.25) is 0 Å². The highest BCUT2D eigenvalue weighted by atomic mass is 16.5. The van der Waals surface area contributed by atoms with Crippen LogP contribution in [0.2, 0.25) is 0 Å². The quantitative estimate of drug-likeness (QED) is 0.844. The minimum absolute atomic E-state index is 0.415. The van der Waals surface area contributed by atoms with E-state index >= 15 is 0 Å². The summed E-state index contributed by atoms with van der Waals surface area (Å²) >= 11 is 0. The molecule has 3 nitrogen and oxygen atoms in total. The molecule has 0 radical (unpaired) electrons. The Morgan fingerprint density at radius 1 is 1.24 bits per heavy atom. The lowest BCUT2D eigenvalue weighted by Gasteiger charge is -2.22. The van der Waals surface area contributed by atoms with Crippen molar-refractivity contribution in [3.8, 4) is 0 Å². The molecule has 3 heteroatoms. The highest BCUT2D eigenvalue weighted by Gasteiger charge is 2.16. The molecule has 1 atom stereocenters. The van der Waals surface area contributed by atoms with Crippen LogP contribution in [0, 0.1) is 5.92 Å². The average molecular weight is 232 g/mol. The van der Waals surface area contributed by atoms with Crippen molar-refractivity contribution in [2.75, 3.05) is 5.32 Å². The third kappa shape index (κ3) is 2.43. The first-order chi connectivity index (χ1) is 8.26. The highest BCUT2D eigenvalue weighted by Crippen LogP contribution is 2.24. The molecule has 0 saturated carbocycles. The SMILES string of the molecule is CCC(CC)C(C)Nc1noc2ccccc12. The molecule has 0 bridgehead atoms. The number of hydrogen-bond donors (Lipinski definition) is 1. The van der Waals surface area contributed by atoms with Gasteiger partial charge in [0, 0.05) is 6.04 Å². The highest BCUT2D eigenvalue weighted by molar-refractivity contribution is 5.87. The smallest absolute Gasteiger partial charge is 0.177 e. The van der Waals surface area contributed by atoms with E-state index < -0.39 is 0 Å². The normalized spacial score (nSPS) is 13.2. The van der Waals surface area contributed by atoms with Crippen LogP contribution in [0.3, 0.4) is 0 Å². The molecule has 0 saturated heterocycles. The molecule has 1 heterocycles. The Bertz CT molecular complexity index is 474. The molecule has 92 valence electrons. The summed E-state index contributed by atoms with van der Waals surface area (Å²) in [6, 6.07) is 8.36. The molecule has 0 amide bonds. The van der Waals surface area contributed by atoms with E-state index in [2.05, 4.69) is 31.2 Å². The van der Waals surface area contributed by atoms with Crippen LogP contribution < -0.4 is 5.32 Å². The van der Waals surface area contributed by atoms with E-state index in [0.717, 1.165) is 16.8 Å². The molecule has 1 N–H and O–H groups in total. The second-order valence-electron chi connectivity index (χ2n) is 4.54. The third-order valence-corrected chi connectivity index (χ3v) is 3.50. The van der Waals surface area contributed by atoms with Crippen molar-refractivity contribution in [1.82, 2.24) is 5.16 Å². The Labute approximate surface area is 102 Å². The molecule has 17 heavy (non-hydrogen) atoms. The van der Waals surface area contributed by atoms with Gasteiger partial charge in [-0.15, -0.1) is 0 Å². The number of nitrogens with one attached hydrogen (secondary N) is 1. The van der Waals surface area contributed by atoms with E-state index in [1.165, 1.54) is 12.8 Å². The zero-order valence-corrected chi connectivity index (χ0v) is 10.7. The van der Waals surface area contributed by atoms with Crippen molar-refractivity contribution < 1.29 is 4.52 Å². The molecule has 1 aromatic heterocycles.